The Bertz CT molecular complexity index is 320. The molecule has 0 aromatic rings. The number of amides is 1. The zero-order chi connectivity index (χ0) is 15.4. The molecule has 1 heterocycles. The van der Waals surface area contributed by atoms with Crippen LogP contribution in [0, 0.1) is 0 Å². The average Bonchev–Trinajstić information content (AvgIpc) is 2.36. The zero-order valence-corrected chi connectivity index (χ0v) is 13.8. The van der Waals surface area contributed by atoms with E-state index in [-0.39, 0.29) is 11.4 Å². The summed E-state index contributed by atoms with van der Waals surface area (Å²) in [6.45, 7) is 13.2. The van der Waals surface area contributed by atoms with Gasteiger partial charge in [-0.25, -0.2) is 0 Å². The molecule has 1 unspecified atom stereocenters. The minimum absolute atomic E-state index is 0.0286. The van der Waals surface area contributed by atoms with Crippen LogP contribution in [0.1, 0.15) is 40.5 Å². The van der Waals surface area contributed by atoms with Gasteiger partial charge in [-0.15, -0.1) is 0 Å². The molecule has 0 spiro atoms. The van der Waals surface area contributed by atoms with Gasteiger partial charge in [-0.2, -0.15) is 0 Å². The fourth-order valence-corrected chi connectivity index (χ4v) is 2.65. The quantitative estimate of drug-likeness (QED) is 0.752. The van der Waals surface area contributed by atoms with Crippen LogP contribution in [-0.2, 0) is 4.79 Å². The van der Waals surface area contributed by atoms with Gasteiger partial charge in [0, 0.05) is 38.3 Å². The van der Waals surface area contributed by atoms with Crippen molar-refractivity contribution in [3.63, 3.8) is 0 Å². The molecule has 3 N–H and O–H groups in total. The van der Waals surface area contributed by atoms with E-state index in [2.05, 4.69) is 36.0 Å². The van der Waals surface area contributed by atoms with Crippen molar-refractivity contribution in [2.45, 2.75) is 51.6 Å². The Morgan fingerprint density at radius 1 is 1.20 bits per heavy atom. The minimum atomic E-state index is -0.757. The second-order valence-corrected chi connectivity index (χ2v) is 6.95. The van der Waals surface area contributed by atoms with Gasteiger partial charge in [-0.3, -0.25) is 9.69 Å². The van der Waals surface area contributed by atoms with Crippen LogP contribution in [0.5, 0.6) is 0 Å². The molecule has 0 aliphatic carbocycles. The molecule has 1 fully saturated rings. The molecule has 0 saturated carbocycles. The van der Waals surface area contributed by atoms with Crippen molar-refractivity contribution in [1.29, 1.82) is 0 Å². The highest BCUT2D eigenvalue weighted by molar-refractivity contribution is 5.85. The molecule has 1 saturated heterocycles. The first-order chi connectivity index (χ1) is 9.19. The Morgan fingerprint density at radius 2 is 1.75 bits per heavy atom. The number of rotatable bonds is 6. The second-order valence-electron chi connectivity index (χ2n) is 6.95. The standard InChI is InChI=1S/C15H32N4O/c1-6-7-15(4,16)13(20)17-12-14(2,3)19-10-8-18(5)9-11-19/h6-12,16H2,1-5H3,(H,17,20). The molecule has 0 bridgehead atoms. The van der Waals surface area contributed by atoms with E-state index in [1.54, 1.807) is 0 Å². The van der Waals surface area contributed by atoms with E-state index in [4.69, 9.17) is 5.73 Å². The Morgan fingerprint density at radius 3 is 2.25 bits per heavy atom. The molecule has 1 atom stereocenters. The highest BCUT2D eigenvalue weighted by atomic mass is 16.2. The first kappa shape index (κ1) is 17.4. The van der Waals surface area contributed by atoms with Crippen LogP contribution in [-0.4, -0.2) is 66.6 Å². The van der Waals surface area contributed by atoms with Crippen molar-refractivity contribution in [3.8, 4) is 0 Å². The summed E-state index contributed by atoms with van der Waals surface area (Å²) in [5.41, 5.74) is 5.28. The van der Waals surface area contributed by atoms with Gasteiger partial charge >= 0.3 is 0 Å². The van der Waals surface area contributed by atoms with E-state index in [1.165, 1.54) is 0 Å². The summed E-state index contributed by atoms with van der Waals surface area (Å²) in [6.07, 6.45) is 1.63. The van der Waals surface area contributed by atoms with Gasteiger partial charge in [-0.1, -0.05) is 13.3 Å². The number of carbonyl (C=O) groups is 1. The number of carbonyl (C=O) groups excluding carboxylic acids is 1. The van der Waals surface area contributed by atoms with E-state index in [0.717, 1.165) is 32.6 Å². The maximum atomic E-state index is 12.2. The van der Waals surface area contributed by atoms with E-state index >= 15 is 0 Å². The number of nitrogens with two attached hydrogens (primary N) is 1. The van der Waals surface area contributed by atoms with E-state index < -0.39 is 5.54 Å². The van der Waals surface area contributed by atoms with Crippen LogP contribution >= 0.6 is 0 Å². The summed E-state index contributed by atoms with van der Waals surface area (Å²) in [7, 11) is 2.15. The molecule has 5 heteroatoms. The predicted octanol–water partition coefficient (Wildman–Crippen LogP) is 0.646. The summed E-state index contributed by atoms with van der Waals surface area (Å²) in [5.74, 6) is -0.0402. The lowest BCUT2D eigenvalue weighted by Crippen LogP contribution is -2.60. The molecule has 1 aliphatic heterocycles. The number of hydrogen-bond donors (Lipinski definition) is 2. The van der Waals surface area contributed by atoms with Crippen molar-refractivity contribution in [2.75, 3.05) is 39.8 Å². The largest absolute Gasteiger partial charge is 0.353 e. The SMILES string of the molecule is CCCC(C)(N)C(=O)NCC(C)(C)N1CCN(C)CC1. The first-order valence-corrected chi connectivity index (χ1v) is 7.70. The Balaban J connectivity index is 2.48. The smallest absolute Gasteiger partial charge is 0.239 e. The lowest BCUT2D eigenvalue weighted by molar-refractivity contribution is -0.126. The third-order valence-corrected chi connectivity index (χ3v) is 4.33. The van der Waals surface area contributed by atoms with Gasteiger partial charge in [0.1, 0.15) is 0 Å². The van der Waals surface area contributed by atoms with Gasteiger partial charge in [0.05, 0.1) is 5.54 Å². The molecule has 1 amide bonds. The maximum absolute atomic E-state index is 12.2. The first-order valence-electron chi connectivity index (χ1n) is 7.70. The maximum Gasteiger partial charge on any atom is 0.239 e. The molecule has 0 radical (unpaired) electrons. The van der Waals surface area contributed by atoms with Gasteiger partial charge in [-0.05, 0) is 34.2 Å². The van der Waals surface area contributed by atoms with Crippen LogP contribution in [0.2, 0.25) is 0 Å². The molecule has 1 rings (SSSR count). The second kappa shape index (κ2) is 6.87. The molecule has 1 aliphatic rings. The minimum Gasteiger partial charge on any atom is -0.353 e. The fourth-order valence-electron chi connectivity index (χ4n) is 2.65. The highest BCUT2D eigenvalue weighted by Gasteiger charge is 2.32. The van der Waals surface area contributed by atoms with E-state index in [0.29, 0.717) is 13.0 Å². The normalized spacial score (nSPS) is 21.5. The van der Waals surface area contributed by atoms with Gasteiger partial charge in [0.15, 0.2) is 0 Å². The van der Waals surface area contributed by atoms with Crippen LogP contribution in [0.15, 0.2) is 0 Å². The summed E-state index contributed by atoms with van der Waals surface area (Å²) in [4.78, 5) is 17.0. The van der Waals surface area contributed by atoms with Crippen molar-refractivity contribution in [1.82, 2.24) is 15.1 Å². The fraction of sp³-hybridized carbons (Fsp3) is 0.933. The highest BCUT2D eigenvalue weighted by Crippen LogP contribution is 2.16. The van der Waals surface area contributed by atoms with E-state index in [1.807, 2.05) is 13.8 Å². The lowest BCUT2D eigenvalue weighted by Gasteiger charge is -2.43. The monoisotopic (exact) mass is 284 g/mol. The van der Waals surface area contributed by atoms with Crippen molar-refractivity contribution < 1.29 is 4.79 Å². The number of hydrogen-bond acceptors (Lipinski definition) is 4. The summed E-state index contributed by atoms with van der Waals surface area (Å²) in [5, 5.41) is 3.04. The van der Waals surface area contributed by atoms with Gasteiger partial charge in [0.25, 0.3) is 0 Å². The molecular formula is C15H32N4O. The molecule has 0 aromatic heterocycles. The number of nitrogens with one attached hydrogen (secondary N) is 1. The molecular weight excluding hydrogens is 252 g/mol. The third-order valence-electron chi connectivity index (χ3n) is 4.33. The number of piperazine rings is 1. The Kier molecular flexibility index (Phi) is 5.98. The Hall–Kier alpha value is -0.650. The van der Waals surface area contributed by atoms with Crippen LogP contribution in [0.4, 0.5) is 0 Å². The molecule has 5 nitrogen and oxygen atoms in total. The van der Waals surface area contributed by atoms with Crippen molar-refractivity contribution in [2.24, 2.45) is 5.73 Å². The Labute approximate surface area is 123 Å². The van der Waals surface area contributed by atoms with Crippen LogP contribution < -0.4 is 11.1 Å². The van der Waals surface area contributed by atoms with E-state index in [9.17, 15) is 4.79 Å². The van der Waals surface area contributed by atoms with Gasteiger partial charge < -0.3 is 16.0 Å². The van der Waals surface area contributed by atoms with Crippen molar-refractivity contribution in [3.05, 3.63) is 0 Å². The molecule has 0 aromatic carbocycles. The number of nitrogens with zero attached hydrogens (tertiary/aromatic N) is 2. The molecule has 20 heavy (non-hydrogen) atoms. The summed E-state index contributed by atoms with van der Waals surface area (Å²) < 4.78 is 0. The predicted molar refractivity (Wildman–Crippen MR) is 83.7 cm³/mol. The third kappa shape index (κ3) is 4.72. The van der Waals surface area contributed by atoms with Gasteiger partial charge in [0.2, 0.25) is 5.91 Å². The average molecular weight is 284 g/mol. The summed E-state index contributed by atoms with van der Waals surface area (Å²) in [6, 6.07) is 0. The van der Waals surface area contributed by atoms with Crippen LogP contribution in [0.25, 0.3) is 0 Å². The summed E-state index contributed by atoms with van der Waals surface area (Å²) >= 11 is 0. The van der Waals surface area contributed by atoms with Crippen LogP contribution in [0.3, 0.4) is 0 Å². The van der Waals surface area contributed by atoms with Crippen molar-refractivity contribution >= 4 is 5.91 Å². The lowest BCUT2D eigenvalue weighted by atomic mass is 9.95. The number of likely N-dealkylation sites (N-methyl/N-ethyl adjacent to an activating group) is 1. The molecule has 118 valence electrons. The zero-order valence-electron chi connectivity index (χ0n) is 13.8. The topological polar surface area (TPSA) is 61.6 Å².